The number of benzene rings is 1. The molecule has 4 rings (SSSR count). The molecule has 0 spiro atoms. The lowest BCUT2D eigenvalue weighted by atomic mass is 9.79. The maximum Gasteiger partial charge on any atom is 0.416 e. The van der Waals surface area contributed by atoms with Crippen molar-refractivity contribution < 1.29 is 30.7 Å². The minimum Gasteiger partial charge on any atom is -0.471 e. The Bertz CT molecular complexity index is 1340. The molecule has 3 atom stereocenters. The second kappa shape index (κ2) is 10.6. The fourth-order valence-electron chi connectivity index (χ4n) is 4.40. The van der Waals surface area contributed by atoms with Crippen molar-refractivity contribution in [1.82, 2.24) is 19.9 Å². The number of ether oxygens (including phenoxy) is 1. The lowest BCUT2D eigenvalue weighted by molar-refractivity contribution is -0.137. The number of anilines is 1. The van der Waals surface area contributed by atoms with Crippen molar-refractivity contribution in [3.05, 3.63) is 72.1 Å². The molecule has 1 aromatic carbocycles. The third-order valence-corrected chi connectivity index (χ3v) is 7.60. The molecule has 0 saturated heterocycles. The lowest BCUT2D eigenvalue weighted by Gasteiger charge is -2.39. The van der Waals surface area contributed by atoms with E-state index in [-0.39, 0.29) is 23.7 Å². The number of halogens is 4. The number of alkyl halides is 3. The van der Waals surface area contributed by atoms with Gasteiger partial charge in [-0.3, -0.25) is 4.72 Å². The summed E-state index contributed by atoms with van der Waals surface area (Å²) in [6, 6.07) is 7.22. The van der Waals surface area contributed by atoms with Gasteiger partial charge in [-0.05, 0) is 57.0 Å². The van der Waals surface area contributed by atoms with Crippen molar-refractivity contribution in [2.45, 2.75) is 48.4 Å². The molecule has 0 radical (unpaired) electrons. The Balaban J connectivity index is 1.48. The first-order valence-electron chi connectivity index (χ1n) is 11.4. The van der Waals surface area contributed by atoms with Gasteiger partial charge < -0.3 is 9.64 Å². The van der Waals surface area contributed by atoms with Gasteiger partial charge in [-0.25, -0.2) is 27.8 Å². The number of hydrogen-bond donors (Lipinski definition) is 1. The zero-order chi connectivity index (χ0) is 26.8. The maximum absolute atomic E-state index is 14.9. The molecule has 8 nitrogen and oxygen atoms in total. The fraction of sp³-hybridized carbons (Fsp3) is 0.375. The van der Waals surface area contributed by atoms with Gasteiger partial charge in [0.25, 0.3) is 15.9 Å². The van der Waals surface area contributed by atoms with Crippen LogP contribution in [0.25, 0.3) is 0 Å². The largest absolute Gasteiger partial charge is 0.471 e. The van der Waals surface area contributed by atoms with Crippen LogP contribution in [0.5, 0.6) is 5.88 Å². The summed E-state index contributed by atoms with van der Waals surface area (Å²) in [5.74, 6) is -1.42. The van der Waals surface area contributed by atoms with E-state index in [1.807, 2.05) is 19.0 Å². The zero-order valence-electron chi connectivity index (χ0n) is 20.0. The number of pyridine rings is 1. The molecule has 0 aliphatic heterocycles. The van der Waals surface area contributed by atoms with Crippen LogP contribution in [0.1, 0.15) is 36.3 Å². The topological polar surface area (TPSA) is 97.3 Å². The average molecular weight is 540 g/mol. The van der Waals surface area contributed by atoms with E-state index in [0.29, 0.717) is 24.8 Å². The van der Waals surface area contributed by atoms with Gasteiger partial charge in [0, 0.05) is 18.3 Å². The van der Waals surface area contributed by atoms with Crippen molar-refractivity contribution in [1.29, 1.82) is 0 Å². The molecule has 37 heavy (non-hydrogen) atoms. The van der Waals surface area contributed by atoms with Crippen LogP contribution in [-0.4, -0.2) is 54.5 Å². The molecule has 1 aliphatic carbocycles. The van der Waals surface area contributed by atoms with E-state index >= 15 is 0 Å². The van der Waals surface area contributed by atoms with E-state index in [0.717, 1.165) is 24.7 Å². The normalized spacial score (nSPS) is 20.6. The minimum atomic E-state index is -4.43. The summed E-state index contributed by atoms with van der Waals surface area (Å²) in [5.41, 5.74) is -0.101. The van der Waals surface area contributed by atoms with Crippen LogP contribution in [0.15, 0.2) is 60.0 Å². The van der Waals surface area contributed by atoms with Gasteiger partial charge in [0.15, 0.2) is 5.82 Å². The summed E-state index contributed by atoms with van der Waals surface area (Å²) in [4.78, 5) is 12.8. The Morgan fingerprint density at radius 3 is 2.54 bits per heavy atom. The highest BCUT2D eigenvalue weighted by Gasteiger charge is 2.36. The number of likely N-dealkylation sites (N-methyl/N-ethyl adjacent to an activating group) is 1. The molecule has 1 aliphatic rings. The highest BCUT2D eigenvalue weighted by Crippen LogP contribution is 2.39. The van der Waals surface area contributed by atoms with E-state index in [9.17, 15) is 26.0 Å². The van der Waals surface area contributed by atoms with Crippen molar-refractivity contribution >= 4 is 15.8 Å². The Hall–Kier alpha value is -3.32. The molecule has 13 heteroatoms. The predicted octanol–water partition coefficient (Wildman–Crippen LogP) is 4.48. The highest BCUT2D eigenvalue weighted by molar-refractivity contribution is 7.92. The summed E-state index contributed by atoms with van der Waals surface area (Å²) in [7, 11) is -0.522. The van der Waals surface area contributed by atoms with Crippen LogP contribution in [0.4, 0.5) is 23.4 Å². The van der Waals surface area contributed by atoms with E-state index in [1.54, 1.807) is 6.07 Å². The fourth-order valence-corrected chi connectivity index (χ4v) is 5.37. The molecular formula is C24H25F4N5O3S. The van der Waals surface area contributed by atoms with E-state index in [4.69, 9.17) is 4.74 Å². The van der Waals surface area contributed by atoms with Gasteiger partial charge in [0.2, 0.25) is 0 Å². The average Bonchev–Trinajstić information content (AvgIpc) is 2.85. The van der Waals surface area contributed by atoms with Crippen molar-refractivity contribution in [2.75, 3.05) is 18.8 Å². The number of sulfonamides is 1. The Morgan fingerprint density at radius 2 is 1.89 bits per heavy atom. The van der Waals surface area contributed by atoms with Crippen LogP contribution < -0.4 is 9.46 Å². The quantitative estimate of drug-likeness (QED) is 0.443. The van der Waals surface area contributed by atoms with Crippen LogP contribution >= 0.6 is 0 Å². The van der Waals surface area contributed by atoms with Crippen LogP contribution in [0.3, 0.4) is 0 Å². The molecule has 2 heterocycles. The minimum absolute atomic E-state index is 0.0158. The van der Waals surface area contributed by atoms with Gasteiger partial charge in [0.1, 0.15) is 23.1 Å². The van der Waals surface area contributed by atoms with Gasteiger partial charge in [0.05, 0.1) is 11.8 Å². The maximum atomic E-state index is 14.9. The van der Waals surface area contributed by atoms with Crippen LogP contribution in [-0.2, 0) is 16.2 Å². The second-order valence-corrected chi connectivity index (χ2v) is 10.7. The smallest absolute Gasteiger partial charge is 0.416 e. The summed E-state index contributed by atoms with van der Waals surface area (Å²) in [6.07, 6.45) is 0.0510. The summed E-state index contributed by atoms with van der Waals surface area (Å²) < 4.78 is 87.6. The third-order valence-electron chi connectivity index (χ3n) is 6.28. The number of nitrogens with zero attached hydrogens (tertiary/aromatic N) is 4. The lowest BCUT2D eigenvalue weighted by Crippen LogP contribution is -2.46. The monoisotopic (exact) mass is 539 g/mol. The molecule has 0 amide bonds. The molecule has 1 N–H and O–H groups in total. The van der Waals surface area contributed by atoms with Crippen molar-refractivity contribution in [3.63, 3.8) is 0 Å². The number of hydrogen-bond acceptors (Lipinski definition) is 7. The number of aromatic nitrogens is 3. The third kappa shape index (κ3) is 6.34. The van der Waals surface area contributed by atoms with Crippen LogP contribution in [0.2, 0.25) is 0 Å². The van der Waals surface area contributed by atoms with E-state index in [1.165, 1.54) is 24.4 Å². The van der Waals surface area contributed by atoms with Gasteiger partial charge in [-0.2, -0.15) is 13.2 Å². The van der Waals surface area contributed by atoms with E-state index in [2.05, 4.69) is 19.7 Å². The number of rotatable bonds is 7. The Morgan fingerprint density at radius 1 is 1.11 bits per heavy atom. The molecule has 198 valence electrons. The van der Waals surface area contributed by atoms with E-state index < -0.39 is 38.6 Å². The highest BCUT2D eigenvalue weighted by atomic mass is 32.2. The first-order chi connectivity index (χ1) is 17.4. The van der Waals surface area contributed by atoms with Gasteiger partial charge >= 0.3 is 6.18 Å². The molecule has 2 aromatic heterocycles. The zero-order valence-corrected chi connectivity index (χ0v) is 20.8. The standard InChI is InChI=1S/C24H25F4N5O3S/c1-33(2)20-11-16(15-4-3-5-17(10-15)24(26,27)28)6-7-21(20)36-23-19(25)12-18(13-30-23)37(34,35)32-22-8-9-29-14-31-22/h3-5,8-10,12-14,16,20-21H,6-7,11H2,1-2H3,(H,29,31,32)/t16-,20-,21-/m0/s1. The number of nitrogens with one attached hydrogen (secondary N) is 1. The Kier molecular flexibility index (Phi) is 7.64. The summed E-state index contributed by atoms with van der Waals surface area (Å²) in [5, 5.41) is 0. The summed E-state index contributed by atoms with van der Waals surface area (Å²) >= 11 is 0. The molecule has 1 saturated carbocycles. The van der Waals surface area contributed by atoms with Gasteiger partial charge in [-0.1, -0.05) is 18.2 Å². The van der Waals surface area contributed by atoms with Crippen LogP contribution in [0, 0.1) is 5.82 Å². The molecular weight excluding hydrogens is 514 g/mol. The molecule has 1 fully saturated rings. The van der Waals surface area contributed by atoms with Gasteiger partial charge in [-0.15, -0.1) is 0 Å². The van der Waals surface area contributed by atoms with Crippen molar-refractivity contribution in [2.24, 2.45) is 0 Å². The summed E-state index contributed by atoms with van der Waals surface area (Å²) in [6.45, 7) is 0. The molecule has 3 aromatic rings. The SMILES string of the molecule is CN(C)[C@H]1C[C@@H](c2cccc(C(F)(F)F)c2)CC[C@@H]1Oc1ncc(S(=O)(=O)Nc2ccncn2)cc1F. The second-order valence-electron chi connectivity index (χ2n) is 8.98. The molecule has 0 bridgehead atoms. The Labute approximate surface area is 211 Å². The predicted molar refractivity (Wildman–Crippen MR) is 127 cm³/mol. The van der Waals surface area contributed by atoms with Crippen molar-refractivity contribution in [3.8, 4) is 5.88 Å². The first kappa shape index (κ1) is 26.7. The first-order valence-corrected chi connectivity index (χ1v) is 12.9. The molecule has 0 unspecified atom stereocenters.